The SMILES string of the molecule is COC(=O)C1=C[C@H](OC(C)=O)[C@@H](N=[N+]=[N-])[C@H]([C@H](OC(C)=O)[C@@H](COC(C)=O)OC(C)=O)O1. The number of hydrogen-bond acceptors (Lipinski definition) is 12. The van der Waals surface area contributed by atoms with E-state index >= 15 is 0 Å². The molecule has 0 amide bonds. The lowest BCUT2D eigenvalue weighted by Gasteiger charge is -2.39. The number of esters is 5. The summed E-state index contributed by atoms with van der Waals surface area (Å²) in [6.45, 7) is 3.70. The molecule has 1 aliphatic heterocycles. The zero-order chi connectivity index (χ0) is 24.4. The first kappa shape index (κ1) is 26.2. The van der Waals surface area contributed by atoms with Crippen LogP contribution in [0.3, 0.4) is 0 Å². The molecule has 0 radical (unpaired) electrons. The van der Waals surface area contributed by atoms with Crippen LogP contribution in [0.25, 0.3) is 10.4 Å². The number of hydrogen-bond donors (Lipinski definition) is 0. The van der Waals surface area contributed by atoms with Crippen molar-refractivity contribution in [1.29, 1.82) is 0 Å². The third-order valence-electron chi connectivity index (χ3n) is 3.89. The lowest BCUT2D eigenvalue weighted by atomic mass is 9.94. The van der Waals surface area contributed by atoms with Crippen molar-refractivity contribution in [2.75, 3.05) is 13.7 Å². The van der Waals surface area contributed by atoms with Crippen LogP contribution in [0.4, 0.5) is 0 Å². The average molecular weight is 457 g/mol. The van der Waals surface area contributed by atoms with Crippen molar-refractivity contribution in [3.63, 3.8) is 0 Å². The highest BCUT2D eigenvalue weighted by Crippen LogP contribution is 2.30. The van der Waals surface area contributed by atoms with Crippen molar-refractivity contribution in [3.05, 3.63) is 22.3 Å². The zero-order valence-corrected chi connectivity index (χ0v) is 18.0. The molecule has 14 heteroatoms. The van der Waals surface area contributed by atoms with Crippen LogP contribution < -0.4 is 0 Å². The molecule has 0 fully saturated rings. The first-order chi connectivity index (χ1) is 15.0. The van der Waals surface area contributed by atoms with Gasteiger partial charge in [0, 0.05) is 38.7 Å². The fourth-order valence-corrected chi connectivity index (χ4v) is 2.81. The van der Waals surface area contributed by atoms with Crippen LogP contribution in [-0.4, -0.2) is 74.0 Å². The van der Waals surface area contributed by atoms with Gasteiger partial charge in [-0.25, -0.2) is 4.79 Å². The van der Waals surface area contributed by atoms with Gasteiger partial charge in [-0.1, -0.05) is 5.11 Å². The van der Waals surface area contributed by atoms with Crippen molar-refractivity contribution in [2.24, 2.45) is 5.11 Å². The summed E-state index contributed by atoms with van der Waals surface area (Å²) in [6, 6.07) is -1.38. The molecule has 0 saturated carbocycles. The van der Waals surface area contributed by atoms with Crippen LogP contribution in [-0.2, 0) is 52.4 Å². The molecule has 32 heavy (non-hydrogen) atoms. The molecule has 0 aromatic rings. The molecule has 0 saturated heterocycles. The average Bonchev–Trinajstić information content (AvgIpc) is 2.69. The van der Waals surface area contributed by atoms with Crippen molar-refractivity contribution in [1.82, 2.24) is 0 Å². The van der Waals surface area contributed by atoms with Crippen LogP contribution in [0.5, 0.6) is 0 Å². The van der Waals surface area contributed by atoms with E-state index in [-0.39, 0.29) is 0 Å². The predicted octanol–water partition coefficient (Wildman–Crippen LogP) is 0.479. The number of ether oxygens (including phenoxy) is 6. The summed E-state index contributed by atoms with van der Waals surface area (Å²) in [5.74, 6) is -4.62. The Bertz CT molecular complexity index is 834. The molecule has 5 atom stereocenters. The molecule has 0 spiro atoms. The van der Waals surface area contributed by atoms with Crippen molar-refractivity contribution in [2.45, 2.75) is 58.2 Å². The Morgan fingerprint density at radius 1 is 1.06 bits per heavy atom. The third kappa shape index (κ3) is 7.80. The molecule has 176 valence electrons. The minimum Gasteiger partial charge on any atom is -0.479 e. The number of carbonyl (C=O) groups excluding carboxylic acids is 5. The Morgan fingerprint density at radius 2 is 1.69 bits per heavy atom. The summed E-state index contributed by atoms with van der Waals surface area (Å²) < 4.78 is 30.6. The number of methoxy groups -OCH3 is 1. The summed E-state index contributed by atoms with van der Waals surface area (Å²) in [4.78, 5) is 61.1. The molecule has 0 aliphatic carbocycles. The number of nitrogens with zero attached hydrogens (tertiary/aromatic N) is 3. The van der Waals surface area contributed by atoms with E-state index in [1.807, 2.05) is 0 Å². The van der Waals surface area contributed by atoms with Gasteiger partial charge < -0.3 is 28.4 Å². The van der Waals surface area contributed by atoms with E-state index in [9.17, 15) is 24.0 Å². The Hall–Kier alpha value is -3.80. The molecular weight excluding hydrogens is 434 g/mol. The van der Waals surface area contributed by atoms with Gasteiger partial charge in [-0.3, -0.25) is 19.2 Å². The summed E-state index contributed by atoms with van der Waals surface area (Å²) in [6.07, 6.45) is -4.78. The maximum Gasteiger partial charge on any atom is 0.373 e. The highest BCUT2D eigenvalue weighted by atomic mass is 16.6. The van der Waals surface area contributed by atoms with Gasteiger partial charge >= 0.3 is 29.8 Å². The highest BCUT2D eigenvalue weighted by Gasteiger charge is 2.48. The number of carbonyl (C=O) groups is 5. The van der Waals surface area contributed by atoms with Gasteiger partial charge in [-0.05, 0) is 5.53 Å². The lowest BCUT2D eigenvalue weighted by molar-refractivity contribution is -0.190. The molecule has 0 aromatic carbocycles. The summed E-state index contributed by atoms with van der Waals surface area (Å²) in [5, 5.41) is 3.55. The van der Waals surface area contributed by atoms with Gasteiger partial charge in [0.15, 0.2) is 18.3 Å². The second-order valence-electron chi connectivity index (χ2n) is 6.40. The predicted molar refractivity (Wildman–Crippen MR) is 101 cm³/mol. The minimum atomic E-state index is -1.56. The minimum absolute atomic E-state index is 0.445. The molecule has 0 bridgehead atoms. The van der Waals surface area contributed by atoms with Crippen molar-refractivity contribution in [3.8, 4) is 0 Å². The second-order valence-corrected chi connectivity index (χ2v) is 6.40. The van der Waals surface area contributed by atoms with Gasteiger partial charge in [0.05, 0.1) is 7.11 Å². The number of rotatable bonds is 9. The van der Waals surface area contributed by atoms with Gasteiger partial charge in [0.25, 0.3) is 0 Å². The van der Waals surface area contributed by atoms with Crippen molar-refractivity contribution >= 4 is 29.8 Å². The highest BCUT2D eigenvalue weighted by molar-refractivity contribution is 5.86. The normalized spacial score (nSPS) is 21.3. The first-order valence-electron chi connectivity index (χ1n) is 9.16. The van der Waals surface area contributed by atoms with Crippen LogP contribution >= 0.6 is 0 Å². The zero-order valence-electron chi connectivity index (χ0n) is 18.0. The Morgan fingerprint density at radius 3 is 2.16 bits per heavy atom. The Labute approximate surface area is 182 Å². The smallest absolute Gasteiger partial charge is 0.373 e. The second kappa shape index (κ2) is 12.2. The molecular formula is C18H23N3O11. The lowest BCUT2D eigenvalue weighted by Crippen LogP contribution is -2.56. The molecule has 0 unspecified atom stereocenters. The Kier molecular flexibility index (Phi) is 9.96. The molecule has 1 aliphatic rings. The molecule has 14 nitrogen and oxygen atoms in total. The van der Waals surface area contributed by atoms with Crippen LogP contribution in [0.2, 0.25) is 0 Å². The van der Waals surface area contributed by atoms with E-state index < -0.39 is 72.7 Å². The van der Waals surface area contributed by atoms with Crippen molar-refractivity contribution < 1.29 is 52.4 Å². The van der Waals surface area contributed by atoms with E-state index in [1.165, 1.54) is 0 Å². The van der Waals surface area contributed by atoms with Crippen LogP contribution in [0.1, 0.15) is 27.7 Å². The summed E-state index contributed by atoms with van der Waals surface area (Å²) in [5.41, 5.74) is 9.02. The summed E-state index contributed by atoms with van der Waals surface area (Å²) in [7, 11) is 1.06. The van der Waals surface area contributed by atoms with E-state index in [4.69, 9.17) is 29.2 Å². The Balaban J connectivity index is 3.56. The monoisotopic (exact) mass is 457 g/mol. The molecule has 0 aromatic heterocycles. The fraction of sp³-hybridized carbons (Fsp3) is 0.611. The molecule has 0 N–H and O–H groups in total. The topological polar surface area (TPSA) is 189 Å². The van der Waals surface area contributed by atoms with Crippen LogP contribution in [0, 0.1) is 0 Å². The largest absolute Gasteiger partial charge is 0.479 e. The fourth-order valence-electron chi connectivity index (χ4n) is 2.81. The quantitative estimate of drug-likeness (QED) is 0.154. The maximum atomic E-state index is 12.1. The summed E-state index contributed by atoms with van der Waals surface area (Å²) >= 11 is 0. The molecule has 1 rings (SSSR count). The molecule has 1 heterocycles. The van der Waals surface area contributed by atoms with E-state index in [0.717, 1.165) is 40.9 Å². The third-order valence-corrected chi connectivity index (χ3v) is 3.89. The van der Waals surface area contributed by atoms with E-state index in [0.29, 0.717) is 0 Å². The van der Waals surface area contributed by atoms with E-state index in [2.05, 4.69) is 14.8 Å². The number of azide groups is 1. The van der Waals surface area contributed by atoms with Gasteiger partial charge in [-0.2, -0.15) is 0 Å². The van der Waals surface area contributed by atoms with E-state index in [1.54, 1.807) is 0 Å². The van der Waals surface area contributed by atoms with Gasteiger partial charge in [-0.15, -0.1) is 0 Å². The van der Waals surface area contributed by atoms with Crippen LogP contribution in [0.15, 0.2) is 16.9 Å². The maximum absolute atomic E-state index is 12.1. The standard InChI is InChI=1S/C18H23N3O11/c1-8(22)28-7-14(30-10(3)24)16(31-11(4)25)17-15(20-21-19)12(29-9(2)23)6-13(32-17)18(26)27-5/h6,12,14-17H,7H2,1-5H3/t12-,14+,15+,16+,17+/m0/s1. The van der Waals surface area contributed by atoms with Gasteiger partial charge in [0.1, 0.15) is 18.8 Å². The first-order valence-corrected chi connectivity index (χ1v) is 9.16. The van der Waals surface area contributed by atoms with Gasteiger partial charge in [0.2, 0.25) is 5.76 Å².